The van der Waals surface area contributed by atoms with Crippen molar-refractivity contribution in [2.75, 3.05) is 0 Å². The Morgan fingerprint density at radius 1 is 0.457 bits per heavy atom. The van der Waals surface area contributed by atoms with Crippen LogP contribution in [0.2, 0.25) is 0 Å². The zero-order valence-electron chi connectivity index (χ0n) is 18.7. The SMILES string of the molecule is Brc1ccc(-c2nc3ccc4c(-c5ccccc5)cc(-c5ccccc5)c5ccc(n2)c3c45)cc1. The van der Waals surface area contributed by atoms with Crippen LogP contribution in [0.4, 0.5) is 0 Å². The minimum atomic E-state index is 0.745. The topological polar surface area (TPSA) is 25.8 Å². The molecule has 0 saturated carbocycles. The summed E-state index contributed by atoms with van der Waals surface area (Å²) >= 11 is 3.52. The van der Waals surface area contributed by atoms with Gasteiger partial charge in [-0.2, -0.15) is 0 Å². The van der Waals surface area contributed by atoms with Crippen molar-refractivity contribution < 1.29 is 0 Å². The molecule has 7 aromatic rings. The van der Waals surface area contributed by atoms with Crippen LogP contribution in [-0.4, -0.2) is 9.97 Å². The van der Waals surface area contributed by atoms with Crippen LogP contribution in [0.25, 0.3) is 66.2 Å². The number of halogens is 1. The zero-order chi connectivity index (χ0) is 23.4. The lowest BCUT2D eigenvalue weighted by molar-refractivity contribution is 1.26. The highest BCUT2D eigenvalue weighted by Gasteiger charge is 2.18. The molecule has 0 aliphatic carbocycles. The van der Waals surface area contributed by atoms with Crippen LogP contribution in [0.5, 0.6) is 0 Å². The highest BCUT2D eigenvalue weighted by atomic mass is 79.9. The fourth-order valence-corrected chi connectivity index (χ4v) is 5.35. The molecule has 0 spiro atoms. The third-order valence-corrected chi connectivity index (χ3v) is 7.24. The van der Waals surface area contributed by atoms with Crippen LogP contribution in [-0.2, 0) is 0 Å². The highest BCUT2D eigenvalue weighted by Crippen LogP contribution is 2.43. The summed E-state index contributed by atoms with van der Waals surface area (Å²) in [6.07, 6.45) is 0. The van der Waals surface area contributed by atoms with Gasteiger partial charge in [0.2, 0.25) is 0 Å². The Kier molecular flexibility index (Phi) is 4.64. The first kappa shape index (κ1) is 20.3. The summed E-state index contributed by atoms with van der Waals surface area (Å²) in [6, 6.07) is 40.5. The molecule has 0 bridgehead atoms. The van der Waals surface area contributed by atoms with E-state index in [1.165, 1.54) is 38.4 Å². The van der Waals surface area contributed by atoms with Gasteiger partial charge >= 0.3 is 0 Å². The molecule has 0 radical (unpaired) electrons. The van der Waals surface area contributed by atoms with Crippen molar-refractivity contribution in [2.45, 2.75) is 0 Å². The predicted molar refractivity (Wildman–Crippen MR) is 150 cm³/mol. The Morgan fingerprint density at radius 3 is 1.49 bits per heavy atom. The molecule has 7 rings (SSSR count). The van der Waals surface area contributed by atoms with Gasteiger partial charge in [0.05, 0.1) is 11.0 Å². The predicted octanol–water partition coefficient (Wildman–Crippen LogP) is 9.14. The van der Waals surface area contributed by atoms with Crippen LogP contribution in [0.15, 0.2) is 120 Å². The smallest absolute Gasteiger partial charge is 0.160 e. The molecule has 0 saturated heterocycles. The minimum absolute atomic E-state index is 0.745. The van der Waals surface area contributed by atoms with Crippen LogP contribution >= 0.6 is 15.9 Å². The normalized spacial score (nSPS) is 11.6. The lowest BCUT2D eigenvalue weighted by atomic mass is 9.87. The number of benzene rings is 6. The van der Waals surface area contributed by atoms with E-state index in [0.717, 1.165) is 32.3 Å². The summed E-state index contributed by atoms with van der Waals surface area (Å²) in [6.45, 7) is 0. The summed E-state index contributed by atoms with van der Waals surface area (Å²) in [4.78, 5) is 10.0. The van der Waals surface area contributed by atoms with Crippen LogP contribution in [0.1, 0.15) is 0 Å². The second kappa shape index (κ2) is 8.00. The van der Waals surface area contributed by atoms with E-state index >= 15 is 0 Å². The van der Waals surface area contributed by atoms with E-state index in [1.54, 1.807) is 0 Å². The molecule has 1 heterocycles. The Labute approximate surface area is 211 Å². The van der Waals surface area contributed by atoms with Crippen molar-refractivity contribution in [3.05, 3.63) is 120 Å². The third kappa shape index (κ3) is 3.31. The number of rotatable bonds is 3. The molecule has 0 unspecified atom stereocenters. The summed E-state index contributed by atoms with van der Waals surface area (Å²) < 4.78 is 1.04. The van der Waals surface area contributed by atoms with Crippen molar-refractivity contribution in [1.82, 2.24) is 9.97 Å². The highest BCUT2D eigenvalue weighted by molar-refractivity contribution is 9.10. The molecule has 0 aliphatic rings. The minimum Gasteiger partial charge on any atom is -0.228 e. The Hall–Kier alpha value is -4.08. The maximum absolute atomic E-state index is 5.01. The Bertz CT molecular complexity index is 1720. The molecular weight excluding hydrogens is 492 g/mol. The first-order chi connectivity index (χ1) is 17.3. The van der Waals surface area contributed by atoms with E-state index in [1.807, 2.05) is 12.1 Å². The van der Waals surface area contributed by atoms with Gasteiger partial charge in [-0.1, -0.05) is 101 Å². The number of nitrogens with zero attached hydrogens (tertiary/aromatic N) is 2. The molecule has 35 heavy (non-hydrogen) atoms. The van der Waals surface area contributed by atoms with Crippen molar-refractivity contribution in [3.63, 3.8) is 0 Å². The average Bonchev–Trinajstić information content (AvgIpc) is 2.92. The van der Waals surface area contributed by atoms with Crippen LogP contribution < -0.4 is 0 Å². The van der Waals surface area contributed by atoms with Gasteiger partial charge in [-0.15, -0.1) is 0 Å². The fourth-order valence-electron chi connectivity index (χ4n) is 5.09. The van der Waals surface area contributed by atoms with Crippen LogP contribution in [0.3, 0.4) is 0 Å². The quantitative estimate of drug-likeness (QED) is 0.221. The van der Waals surface area contributed by atoms with Crippen molar-refractivity contribution in [3.8, 4) is 33.6 Å². The standard InChI is InChI=1S/C32H19BrN2/c33-23-13-11-22(12-14-23)32-34-28-17-15-24-26(20-7-3-1-4-8-20)19-27(21-9-5-2-6-10-21)25-16-18-29(35-32)31(28)30(24)25/h1-19H. The molecule has 0 aliphatic heterocycles. The van der Waals surface area contributed by atoms with Gasteiger partial charge in [0.15, 0.2) is 5.82 Å². The molecule has 1 aromatic heterocycles. The van der Waals surface area contributed by atoms with E-state index in [9.17, 15) is 0 Å². The van der Waals surface area contributed by atoms with Gasteiger partial charge in [-0.3, -0.25) is 0 Å². The Morgan fingerprint density at radius 2 is 0.971 bits per heavy atom. The molecular formula is C32H19BrN2. The summed E-state index contributed by atoms with van der Waals surface area (Å²) in [5, 5.41) is 4.80. The maximum Gasteiger partial charge on any atom is 0.160 e. The van der Waals surface area contributed by atoms with Gasteiger partial charge in [-0.25, -0.2) is 9.97 Å². The maximum atomic E-state index is 5.01. The second-order valence-electron chi connectivity index (χ2n) is 8.77. The number of aromatic nitrogens is 2. The van der Waals surface area contributed by atoms with Crippen molar-refractivity contribution in [2.24, 2.45) is 0 Å². The van der Waals surface area contributed by atoms with Gasteiger partial charge < -0.3 is 0 Å². The largest absolute Gasteiger partial charge is 0.228 e. The molecule has 6 aromatic carbocycles. The Balaban J connectivity index is 1.60. The molecule has 3 heteroatoms. The zero-order valence-corrected chi connectivity index (χ0v) is 20.3. The third-order valence-electron chi connectivity index (χ3n) is 6.71. The fraction of sp³-hybridized carbons (Fsp3) is 0. The van der Waals surface area contributed by atoms with Gasteiger partial charge in [0, 0.05) is 20.8 Å². The molecule has 0 N–H and O–H groups in total. The molecule has 164 valence electrons. The van der Waals surface area contributed by atoms with E-state index in [0.29, 0.717) is 0 Å². The molecule has 2 nitrogen and oxygen atoms in total. The van der Waals surface area contributed by atoms with E-state index in [2.05, 4.69) is 119 Å². The lowest BCUT2D eigenvalue weighted by Crippen LogP contribution is -1.96. The van der Waals surface area contributed by atoms with Crippen LogP contribution in [0, 0.1) is 0 Å². The number of hydrogen-bond acceptors (Lipinski definition) is 2. The second-order valence-corrected chi connectivity index (χ2v) is 9.69. The van der Waals surface area contributed by atoms with Crippen molar-refractivity contribution >= 4 is 48.5 Å². The summed E-state index contributed by atoms with van der Waals surface area (Å²) in [5.41, 5.74) is 7.81. The first-order valence-corrected chi connectivity index (χ1v) is 12.4. The number of hydrogen-bond donors (Lipinski definition) is 0. The van der Waals surface area contributed by atoms with E-state index < -0.39 is 0 Å². The molecule has 0 fully saturated rings. The van der Waals surface area contributed by atoms with Gasteiger partial charge in [-0.05, 0) is 63.4 Å². The average molecular weight is 511 g/mol. The molecule has 0 atom stereocenters. The summed E-state index contributed by atoms with van der Waals surface area (Å²) in [5.74, 6) is 0.745. The van der Waals surface area contributed by atoms with Gasteiger partial charge in [0.1, 0.15) is 0 Å². The first-order valence-electron chi connectivity index (χ1n) is 11.6. The molecule has 0 amide bonds. The summed E-state index contributed by atoms with van der Waals surface area (Å²) in [7, 11) is 0. The van der Waals surface area contributed by atoms with E-state index in [-0.39, 0.29) is 0 Å². The monoisotopic (exact) mass is 510 g/mol. The van der Waals surface area contributed by atoms with E-state index in [4.69, 9.17) is 9.97 Å². The lowest BCUT2D eigenvalue weighted by Gasteiger charge is -2.18. The van der Waals surface area contributed by atoms with Crippen molar-refractivity contribution in [1.29, 1.82) is 0 Å². The van der Waals surface area contributed by atoms with Gasteiger partial charge in [0.25, 0.3) is 0 Å².